The van der Waals surface area contributed by atoms with Gasteiger partial charge in [0.15, 0.2) is 11.6 Å². The van der Waals surface area contributed by atoms with E-state index in [0.717, 1.165) is 21.7 Å². The van der Waals surface area contributed by atoms with Crippen molar-refractivity contribution in [3.63, 3.8) is 0 Å². The van der Waals surface area contributed by atoms with Crippen LogP contribution < -0.4 is 0 Å². The highest BCUT2D eigenvalue weighted by atomic mass is 32.1. The molecular weight excluding hydrogens is 324 g/mol. The first-order valence-corrected chi connectivity index (χ1v) is 9.60. The van der Waals surface area contributed by atoms with Crippen LogP contribution in [0.5, 0.6) is 0 Å². The van der Waals surface area contributed by atoms with Crippen molar-refractivity contribution in [2.45, 2.75) is 6.42 Å². The summed E-state index contributed by atoms with van der Waals surface area (Å²) in [7, 11) is 0. The van der Waals surface area contributed by atoms with Crippen molar-refractivity contribution in [1.82, 2.24) is 0 Å². The monoisotopic (exact) mass is 338 g/mol. The van der Waals surface area contributed by atoms with Crippen LogP contribution in [0, 0.1) is 23.7 Å². The zero-order valence-corrected chi connectivity index (χ0v) is 13.9. The number of hydrogen-bond acceptors (Lipinski definition) is 4. The molecule has 2 nitrogen and oxygen atoms in total. The summed E-state index contributed by atoms with van der Waals surface area (Å²) in [4.78, 5) is 28.0. The Hall–Kier alpha value is -1.78. The molecule has 3 aliphatic rings. The van der Waals surface area contributed by atoms with Crippen LogP contribution in [0.1, 0.15) is 12.0 Å². The number of hydrogen-bond donors (Lipinski definition) is 0. The van der Waals surface area contributed by atoms with Crippen molar-refractivity contribution < 1.29 is 9.59 Å². The van der Waals surface area contributed by atoms with E-state index < -0.39 is 0 Å². The summed E-state index contributed by atoms with van der Waals surface area (Å²) in [6, 6.07) is 6.07. The van der Waals surface area contributed by atoms with Crippen molar-refractivity contribution in [1.29, 1.82) is 0 Å². The van der Waals surface area contributed by atoms with Gasteiger partial charge < -0.3 is 0 Å². The third-order valence-electron chi connectivity index (χ3n) is 5.34. The number of carbonyl (C=O) groups excluding carboxylic acids is 2. The predicted molar refractivity (Wildman–Crippen MR) is 93.3 cm³/mol. The minimum Gasteiger partial charge on any atom is -0.294 e. The van der Waals surface area contributed by atoms with Gasteiger partial charge in [0.1, 0.15) is 0 Å². The molecule has 2 unspecified atom stereocenters. The van der Waals surface area contributed by atoms with Crippen molar-refractivity contribution in [3.05, 3.63) is 52.8 Å². The summed E-state index contributed by atoms with van der Waals surface area (Å²) in [5, 5.41) is 4.05. The van der Waals surface area contributed by atoms with E-state index in [0.29, 0.717) is 5.57 Å². The second-order valence-electron chi connectivity index (χ2n) is 6.47. The van der Waals surface area contributed by atoms with Crippen molar-refractivity contribution >= 4 is 39.8 Å². The van der Waals surface area contributed by atoms with E-state index in [4.69, 9.17) is 0 Å². The third kappa shape index (κ3) is 1.85. The molecule has 1 saturated carbocycles. The lowest BCUT2D eigenvalue weighted by molar-refractivity contribution is -0.128. The van der Waals surface area contributed by atoms with Crippen LogP contribution in [-0.2, 0) is 9.59 Å². The Labute approximate surface area is 142 Å². The Balaban J connectivity index is 1.62. The molecular formula is C19H14O2S2. The van der Waals surface area contributed by atoms with Crippen LogP contribution >= 0.6 is 22.7 Å². The molecule has 114 valence electrons. The van der Waals surface area contributed by atoms with Gasteiger partial charge in [-0.3, -0.25) is 9.59 Å². The van der Waals surface area contributed by atoms with Crippen molar-refractivity contribution in [3.8, 4) is 9.75 Å². The molecule has 5 rings (SSSR count). The molecule has 3 aliphatic carbocycles. The lowest BCUT2D eigenvalue weighted by Crippen LogP contribution is -2.36. The van der Waals surface area contributed by atoms with Crippen LogP contribution in [0.2, 0.25) is 0 Å². The van der Waals surface area contributed by atoms with Gasteiger partial charge in [-0.25, -0.2) is 0 Å². The Morgan fingerprint density at radius 2 is 1.78 bits per heavy atom. The summed E-state index contributed by atoms with van der Waals surface area (Å²) in [5.41, 5.74) is 1.56. The van der Waals surface area contributed by atoms with E-state index >= 15 is 0 Å². The molecule has 0 amide bonds. The molecule has 4 heteroatoms. The second kappa shape index (κ2) is 4.86. The molecule has 0 radical (unpaired) electrons. The molecule has 1 fully saturated rings. The smallest absolute Gasteiger partial charge is 0.168 e. The summed E-state index contributed by atoms with van der Waals surface area (Å²) < 4.78 is 0. The maximum atomic E-state index is 13.1. The van der Waals surface area contributed by atoms with Gasteiger partial charge in [-0.2, -0.15) is 0 Å². The van der Waals surface area contributed by atoms with E-state index in [-0.39, 0.29) is 35.2 Å². The minimum absolute atomic E-state index is 0.106. The summed E-state index contributed by atoms with van der Waals surface area (Å²) in [6.45, 7) is 0. The number of carbonyl (C=O) groups is 2. The zero-order chi connectivity index (χ0) is 15.6. The number of Topliss-reactive ketones (excluding diaryl/α,β-unsaturated/α-hetero) is 1. The Kier molecular flexibility index (Phi) is 2.88. The molecule has 2 bridgehead atoms. The number of fused-ring (bicyclic) bond motifs is 5. The molecule has 2 heterocycles. The quantitative estimate of drug-likeness (QED) is 0.758. The average molecular weight is 338 g/mol. The van der Waals surface area contributed by atoms with Crippen molar-refractivity contribution in [2.24, 2.45) is 23.7 Å². The maximum Gasteiger partial charge on any atom is 0.168 e. The first kappa shape index (κ1) is 13.6. The van der Waals surface area contributed by atoms with E-state index in [2.05, 4.69) is 18.2 Å². The molecule has 0 N–H and O–H groups in total. The van der Waals surface area contributed by atoms with Crippen LogP contribution in [0.4, 0.5) is 0 Å². The third-order valence-corrected chi connectivity index (χ3v) is 7.31. The van der Waals surface area contributed by atoms with Crippen LogP contribution in [0.3, 0.4) is 0 Å². The average Bonchev–Trinajstić information content (AvgIpc) is 3.33. The molecule has 2 aromatic rings. The fraction of sp³-hybridized carbons (Fsp3) is 0.263. The summed E-state index contributed by atoms with van der Waals surface area (Å²) in [6.07, 6.45) is 6.87. The zero-order valence-electron chi connectivity index (χ0n) is 12.3. The Morgan fingerprint density at radius 1 is 0.957 bits per heavy atom. The van der Waals surface area contributed by atoms with Crippen molar-refractivity contribution in [2.75, 3.05) is 0 Å². The second-order valence-corrected chi connectivity index (χ2v) is 8.33. The van der Waals surface area contributed by atoms with E-state index in [1.54, 1.807) is 28.7 Å². The van der Waals surface area contributed by atoms with Crippen LogP contribution in [0.15, 0.2) is 47.2 Å². The summed E-state index contributed by atoms with van der Waals surface area (Å²) >= 11 is 3.31. The number of ketones is 2. The fourth-order valence-corrected chi connectivity index (χ4v) is 6.18. The molecule has 23 heavy (non-hydrogen) atoms. The van der Waals surface area contributed by atoms with Gasteiger partial charge in [-0.15, -0.1) is 22.7 Å². The van der Waals surface area contributed by atoms with Gasteiger partial charge in [0.05, 0.1) is 4.88 Å². The van der Waals surface area contributed by atoms with Gasteiger partial charge in [0.2, 0.25) is 0 Å². The first-order chi connectivity index (χ1) is 11.2. The lowest BCUT2D eigenvalue weighted by Gasteiger charge is -2.29. The van der Waals surface area contributed by atoms with Crippen LogP contribution in [0.25, 0.3) is 15.3 Å². The largest absolute Gasteiger partial charge is 0.294 e. The van der Waals surface area contributed by atoms with Crippen LogP contribution in [-0.4, -0.2) is 11.6 Å². The number of allylic oxidation sites excluding steroid dienone is 4. The molecule has 0 aliphatic heterocycles. The van der Waals surface area contributed by atoms with E-state index in [9.17, 15) is 9.59 Å². The minimum atomic E-state index is -0.131. The Morgan fingerprint density at radius 3 is 2.57 bits per heavy atom. The predicted octanol–water partition coefficient (Wildman–Crippen LogP) is 4.45. The molecule has 0 spiro atoms. The molecule has 2 aromatic heterocycles. The van der Waals surface area contributed by atoms with E-state index in [1.165, 1.54) is 0 Å². The van der Waals surface area contributed by atoms with Gasteiger partial charge in [-0.05, 0) is 47.2 Å². The molecule has 4 atom stereocenters. The molecule has 0 saturated heterocycles. The highest BCUT2D eigenvalue weighted by Crippen LogP contribution is 2.53. The SMILES string of the molecule is O=C1C=C(c2ccsc2-c2cccs2)C(=O)C2C1[C@@H]1C=C[C@H]2C1. The normalized spacial score (nSPS) is 31.6. The lowest BCUT2D eigenvalue weighted by atomic mass is 9.71. The fourth-order valence-electron chi connectivity index (χ4n) is 4.39. The number of thiophene rings is 2. The maximum absolute atomic E-state index is 13.1. The van der Waals surface area contributed by atoms with Gasteiger partial charge in [-0.1, -0.05) is 18.2 Å². The van der Waals surface area contributed by atoms with E-state index in [1.807, 2.05) is 22.9 Å². The highest BCUT2D eigenvalue weighted by Gasteiger charge is 2.53. The van der Waals surface area contributed by atoms with Gasteiger partial charge in [0.25, 0.3) is 0 Å². The topological polar surface area (TPSA) is 34.1 Å². The van der Waals surface area contributed by atoms with Gasteiger partial charge in [0, 0.05) is 27.8 Å². The Bertz CT molecular complexity index is 869. The van der Waals surface area contributed by atoms with Gasteiger partial charge >= 0.3 is 0 Å². The number of rotatable bonds is 2. The molecule has 0 aromatic carbocycles. The standard InChI is InChI=1S/C19H14O2S2/c20-14-9-13(12-5-7-23-19(12)15-2-1-6-22-15)18(21)17-11-4-3-10(8-11)16(14)17/h1-7,9-11,16-17H,8H2/t10-,11+,16?,17?/m1/s1. The summed E-state index contributed by atoms with van der Waals surface area (Å²) in [5.74, 6) is 0.610. The highest BCUT2D eigenvalue weighted by molar-refractivity contribution is 7.20. The first-order valence-electron chi connectivity index (χ1n) is 7.84.